The normalized spacial score (nSPS) is 10.3. The summed E-state index contributed by atoms with van der Waals surface area (Å²) in [5.74, 6) is -0.260. The second-order valence-electron chi connectivity index (χ2n) is 5.56. The van der Waals surface area contributed by atoms with Gasteiger partial charge in [-0.25, -0.2) is 4.98 Å². The molecule has 2 aromatic heterocycles. The highest BCUT2D eigenvalue weighted by Crippen LogP contribution is 2.20. The Bertz CT molecular complexity index is 866. The first-order valence-electron chi connectivity index (χ1n) is 7.78. The summed E-state index contributed by atoms with van der Waals surface area (Å²) >= 11 is 5.93. The van der Waals surface area contributed by atoms with Gasteiger partial charge in [0, 0.05) is 29.6 Å². The number of nitrogens with zero attached hydrogens (tertiary/aromatic N) is 2. The maximum absolute atomic E-state index is 12.3. The first-order chi connectivity index (χ1) is 12.1. The topological polar surface area (TPSA) is 66.9 Å². The molecule has 1 amide bonds. The highest BCUT2D eigenvalue weighted by molar-refractivity contribution is 6.30. The number of carbonyl (C=O) groups is 1. The van der Waals surface area contributed by atoms with Gasteiger partial charge in [-0.1, -0.05) is 17.7 Å². The van der Waals surface area contributed by atoms with Gasteiger partial charge in [0.15, 0.2) is 0 Å². The summed E-state index contributed by atoms with van der Waals surface area (Å²) in [6, 6.07) is 12.7. The summed E-state index contributed by atoms with van der Waals surface area (Å²) in [5, 5.41) is 6.72. The standard InChI is InChI=1S/C19H17ClN4O/c1-13-9-15(20)4-6-17(13)24-19(25)18-7-5-16(12-23-18)22-11-14-3-2-8-21-10-14/h2-10,12,22H,11H2,1H3,(H,24,25). The Hall–Kier alpha value is -2.92. The molecule has 0 bridgehead atoms. The number of rotatable bonds is 5. The molecular formula is C19H17ClN4O. The van der Waals surface area contributed by atoms with Gasteiger partial charge in [-0.2, -0.15) is 0 Å². The minimum Gasteiger partial charge on any atom is -0.380 e. The zero-order valence-corrected chi connectivity index (χ0v) is 14.4. The first-order valence-corrected chi connectivity index (χ1v) is 8.16. The number of anilines is 2. The van der Waals surface area contributed by atoms with Crippen LogP contribution < -0.4 is 10.6 Å². The van der Waals surface area contributed by atoms with Crippen LogP contribution >= 0.6 is 11.6 Å². The number of halogens is 1. The van der Waals surface area contributed by atoms with Gasteiger partial charge in [0.25, 0.3) is 5.91 Å². The van der Waals surface area contributed by atoms with Crippen molar-refractivity contribution in [2.75, 3.05) is 10.6 Å². The second-order valence-corrected chi connectivity index (χ2v) is 6.00. The summed E-state index contributed by atoms with van der Waals surface area (Å²) in [4.78, 5) is 20.6. The van der Waals surface area contributed by atoms with Gasteiger partial charge in [-0.05, 0) is 54.4 Å². The fourth-order valence-electron chi connectivity index (χ4n) is 2.29. The molecule has 1 aromatic carbocycles. The third-order valence-corrected chi connectivity index (χ3v) is 3.89. The summed E-state index contributed by atoms with van der Waals surface area (Å²) in [6.45, 7) is 2.53. The Labute approximate surface area is 151 Å². The van der Waals surface area contributed by atoms with Gasteiger partial charge >= 0.3 is 0 Å². The van der Waals surface area contributed by atoms with Crippen molar-refractivity contribution in [3.05, 3.63) is 82.9 Å². The molecule has 0 radical (unpaired) electrons. The molecule has 2 heterocycles. The van der Waals surface area contributed by atoms with Gasteiger partial charge in [-0.15, -0.1) is 0 Å². The Morgan fingerprint density at radius 3 is 2.72 bits per heavy atom. The molecule has 0 aliphatic rings. The second kappa shape index (κ2) is 7.77. The van der Waals surface area contributed by atoms with Gasteiger partial charge in [0.05, 0.1) is 11.9 Å². The average molecular weight is 353 g/mol. The fourth-order valence-corrected chi connectivity index (χ4v) is 2.52. The lowest BCUT2D eigenvalue weighted by Crippen LogP contribution is -2.14. The summed E-state index contributed by atoms with van der Waals surface area (Å²) in [7, 11) is 0. The van der Waals surface area contributed by atoms with Crippen molar-refractivity contribution in [2.45, 2.75) is 13.5 Å². The number of aromatic nitrogens is 2. The van der Waals surface area contributed by atoms with E-state index in [0.29, 0.717) is 17.3 Å². The van der Waals surface area contributed by atoms with E-state index in [0.717, 1.165) is 22.5 Å². The average Bonchev–Trinajstić information content (AvgIpc) is 2.63. The van der Waals surface area contributed by atoms with Crippen LogP contribution in [0.15, 0.2) is 61.1 Å². The van der Waals surface area contributed by atoms with Crippen LogP contribution in [0.1, 0.15) is 21.6 Å². The van der Waals surface area contributed by atoms with Gasteiger partial charge in [0.2, 0.25) is 0 Å². The molecule has 0 aliphatic carbocycles. The number of benzene rings is 1. The van der Waals surface area contributed by atoms with Crippen LogP contribution in [-0.2, 0) is 6.54 Å². The minimum atomic E-state index is -0.260. The smallest absolute Gasteiger partial charge is 0.274 e. The number of nitrogens with one attached hydrogen (secondary N) is 2. The van der Waals surface area contributed by atoms with E-state index in [1.54, 1.807) is 42.9 Å². The molecule has 3 aromatic rings. The Morgan fingerprint density at radius 2 is 2.04 bits per heavy atom. The quantitative estimate of drug-likeness (QED) is 0.718. The van der Waals surface area contributed by atoms with Crippen LogP contribution in [0.5, 0.6) is 0 Å². The van der Waals surface area contributed by atoms with Crippen molar-refractivity contribution in [1.29, 1.82) is 0 Å². The minimum absolute atomic E-state index is 0.260. The number of pyridine rings is 2. The van der Waals surface area contributed by atoms with Crippen molar-refractivity contribution in [1.82, 2.24) is 9.97 Å². The number of carbonyl (C=O) groups excluding carboxylic acids is 1. The Kier molecular flexibility index (Phi) is 5.26. The van der Waals surface area contributed by atoms with Crippen LogP contribution in [0.2, 0.25) is 5.02 Å². The van der Waals surface area contributed by atoms with E-state index >= 15 is 0 Å². The summed E-state index contributed by atoms with van der Waals surface area (Å²) in [6.07, 6.45) is 5.18. The Balaban J connectivity index is 1.62. The van der Waals surface area contributed by atoms with Crippen molar-refractivity contribution in [3.8, 4) is 0 Å². The zero-order valence-electron chi connectivity index (χ0n) is 13.7. The molecule has 25 heavy (non-hydrogen) atoms. The molecule has 6 heteroatoms. The molecule has 0 atom stereocenters. The first kappa shape index (κ1) is 16.9. The van der Waals surface area contributed by atoms with Crippen LogP contribution in [0.4, 0.5) is 11.4 Å². The molecule has 5 nitrogen and oxygen atoms in total. The fraction of sp³-hybridized carbons (Fsp3) is 0.105. The van der Waals surface area contributed by atoms with Crippen molar-refractivity contribution in [3.63, 3.8) is 0 Å². The summed E-state index contributed by atoms with van der Waals surface area (Å²) < 4.78 is 0. The highest BCUT2D eigenvalue weighted by atomic mass is 35.5. The van der Waals surface area contributed by atoms with Gasteiger partial charge in [-0.3, -0.25) is 9.78 Å². The molecule has 126 valence electrons. The maximum Gasteiger partial charge on any atom is 0.274 e. The molecule has 0 fully saturated rings. The van der Waals surface area contributed by atoms with E-state index in [-0.39, 0.29) is 5.91 Å². The molecular weight excluding hydrogens is 336 g/mol. The van der Waals surface area contributed by atoms with E-state index in [1.165, 1.54) is 0 Å². The molecule has 3 rings (SSSR count). The maximum atomic E-state index is 12.3. The third-order valence-electron chi connectivity index (χ3n) is 3.65. The SMILES string of the molecule is Cc1cc(Cl)ccc1NC(=O)c1ccc(NCc2cccnc2)cn1. The lowest BCUT2D eigenvalue weighted by molar-refractivity contribution is 0.102. The number of amides is 1. The van der Waals surface area contributed by atoms with Gasteiger partial charge < -0.3 is 10.6 Å². The van der Waals surface area contributed by atoms with E-state index in [9.17, 15) is 4.79 Å². The van der Waals surface area contributed by atoms with Crippen molar-refractivity contribution < 1.29 is 4.79 Å². The molecule has 0 spiro atoms. The third kappa shape index (κ3) is 4.55. The monoisotopic (exact) mass is 352 g/mol. The van der Waals surface area contributed by atoms with E-state index in [2.05, 4.69) is 20.6 Å². The number of hydrogen-bond donors (Lipinski definition) is 2. The lowest BCUT2D eigenvalue weighted by atomic mass is 10.2. The predicted octanol–water partition coefficient (Wildman–Crippen LogP) is 4.30. The predicted molar refractivity (Wildman–Crippen MR) is 99.9 cm³/mol. The number of aryl methyl sites for hydroxylation is 1. The molecule has 0 saturated heterocycles. The van der Waals surface area contributed by atoms with Crippen molar-refractivity contribution in [2.24, 2.45) is 0 Å². The molecule has 0 saturated carbocycles. The van der Waals surface area contributed by atoms with Crippen molar-refractivity contribution >= 4 is 28.9 Å². The zero-order chi connectivity index (χ0) is 17.6. The summed E-state index contributed by atoms with van der Waals surface area (Å²) in [5.41, 5.74) is 3.87. The number of hydrogen-bond acceptors (Lipinski definition) is 4. The largest absolute Gasteiger partial charge is 0.380 e. The van der Waals surface area contributed by atoms with Crippen LogP contribution in [0.3, 0.4) is 0 Å². The lowest BCUT2D eigenvalue weighted by Gasteiger charge is -2.09. The Morgan fingerprint density at radius 1 is 1.16 bits per heavy atom. The van der Waals surface area contributed by atoms with E-state index < -0.39 is 0 Å². The molecule has 2 N–H and O–H groups in total. The van der Waals surface area contributed by atoms with Crippen LogP contribution in [-0.4, -0.2) is 15.9 Å². The van der Waals surface area contributed by atoms with Crippen LogP contribution in [0, 0.1) is 6.92 Å². The van der Waals surface area contributed by atoms with Crippen LogP contribution in [0.25, 0.3) is 0 Å². The van der Waals surface area contributed by atoms with E-state index in [4.69, 9.17) is 11.6 Å². The molecule has 0 unspecified atom stereocenters. The highest BCUT2D eigenvalue weighted by Gasteiger charge is 2.09. The molecule has 0 aliphatic heterocycles. The van der Waals surface area contributed by atoms with E-state index in [1.807, 2.05) is 25.1 Å². The van der Waals surface area contributed by atoms with Gasteiger partial charge in [0.1, 0.15) is 5.69 Å².